The van der Waals surface area contributed by atoms with Gasteiger partial charge in [-0.1, -0.05) is 58.1 Å². The summed E-state index contributed by atoms with van der Waals surface area (Å²) in [5, 5.41) is 0. The van der Waals surface area contributed by atoms with Gasteiger partial charge in [0.1, 0.15) is 0 Å². The van der Waals surface area contributed by atoms with Crippen molar-refractivity contribution in [3.63, 3.8) is 0 Å². The van der Waals surface area contributed by atoms with Crippen LogP contribution < -0.4 is 0 Å². The Bertz CT molecular complexity index is 335. The fraction of sp³-hybridized carbons (Fsp3) is 0.429. The van der Waals surface area contributed by atoms with E-state index in [1.807, 2.05) is 19.9 Å². The summed E-state index contributed by atoms with van der Waals surface area (Å²) in [6.07, 6.45) is 4.08. The van der Waals surface area contributed by atoms with E-state index >= 15 is 0 Å². The monoisotopic (exact) mass is 290 g/mol. The van der Waals surface area contributed by atoms with Crippen LogP contribution in [0.15, 0.2) is 73.4 Å². The Kier molecular flexibility index (Phi) is 27.4. The minimum Gasteiger partial charge on any atom is -0.106 e. The Morgan fingerprint density at radius 1 is 0.857 bits per heavy atom. The molecule has 0 atom stereocenters. The van der Waals surface area contributed by atoms with Crippen molar-refractivity contribution in [1.29, 1.82) is 0 Å². The standard InChI is InChI=1S/C15H24.C2H6.2C2H4/c1-8-12(6)15(10-3)13(7)14(9-2)11(4)5;3*1-2/h10H,3-4,8-9H2,1-2,5-7H3;1-2H3;2*1-2H2/b14-13+,15-12+;;;. The van der Waals surface area contributed by atoms with E-state index in [0.29, 0.717) is 0 Å². The molecule has 0 spiro atoms. The third kappa shape index (κ3) is 11.9. The average Bonchev–Trinajstić information content (AvgIpc) is 2.54. The zero-order valence-electron chi connectivity index (χ0n) is 15.7. The molecule has 0 rings (SSSR count). The second-order valence-electron chi connectivity index (χ2n) is 3.99. The van der Waals surface area contributed by atoms with Gasteiger partial charge in [0.25, 0.3) is 0 Å². The van der Waals surface area contributed by atoms with Crippen LogP contribution in [0.3, 0.4) is 0 Å². The molecule has 0 bridgehead atoms. The Morgan fingerprint density at radius 3 is 1.43 bits per heavy atom. The lowest BCUT2D eigenvalue weighted by Gasteiger charge is -2.14. The van der Waals surface area contributed by atoms with Crippen LogP contribution in [-0.2, 0) is 0 Å². The lowest BCUT2D eigenvalue weighted by Crippen LogP contribution is -1.94. The van der Waals surface area contributed by atoms with Crippen molar-refractivity contribution in [3.8, 4) is 0 Å². The van der Waals surface area contributed by atoms with Gasteiger partial charge in [-0.05, 0) is 50.3 Å². The van der Waals surface area contributed by atoms with E-state index in [0.717, 1.165) is 12.8 Å². The van der Waals surface area contributed by atoms with Crippen molar-refractivity contribution < 1.29 is 0 Å². The van der Waals surface area contributed by atoms with Gasteiger partial charge in [-0.25, -0.2) is 0 Å². The SMILES string of the molecule is C=C.C=C.C=CC(=C(/C)CC)/C(C)=C(\CC)C(=C)C.CC. The van der Waals surface area contributed by atoms with Gasteiger partial charge in [0.05, 0.1) is 0 Å². The Balaban J connectivity index is -0.000000212. The van der Waals surface area contributed by atoms with Crippen LogP contribution in [0.25, 0.3) is 0 Å². The topological polar surface area (TPSA) is 0 Å². The van der Waals surface area contributed by atoms with E-state index in [9.17, 15) is 0 Å². The van der Waals surface area contributed by atoms with Crippen molar-refractivity contribution in [2.75, 3.05) is 0 Å². The number of hydrogen-bond acceptors (Lipinski definition) is 0. The highest BCUT2D eigenvalue weighted by molar-refractivity contribution is 5.48. The number of rotatable bonds is 5. The third-order valence-corrected chi connectivity index (χ3v) is 2.92. The summed E-state index contributed by atoms with van der Waals surface area (Å²) < 4.78 is 0. The summed E-state index contributed by atoms with van der Waals surface area (Å²) in [5.74, 6) is 0. The summed E-state index contributed by atoms with van der Waals surface area (Å²) in [5.41, 5.74) is 6.54. The van der Waals surface area contributed by atoms with E-state index in [4.69, 9.17) is 0 Å². The fourth-order valence-corrected chi connectivity index (χ4v) is 1.89. The molecule has 0 saturated carbocycles. The molecule has 0 aromatic rings. The summed E-state index contributed by atoms with van der Waals surface area (Å²) >= 11 is 0. The molecule has 0 saturated heterocycles. The molecule has 0 aromatic carbocycles. The summed E-state index contributed by atoms with van der Waals surface area (Å²) in [4.78, 5) is 0. The molecule has 0 heterocycles. The van der Waals surface area contributed by atoms with E-state index in [1.54, 1.807) is 0 Å². The first kappa shape index (κ1) is 27.7. The van der Waals surface area contributed by atoms with Gasteiger partial charge < -0.3 is 0 Å². The van der Waals surface area contributed by atoms with E-state index in [1.165, 1.54) is 27.9 Å². The highest BCUT2D eigenvalue weighted by Gasteiger charge is 2.06. The Labute approximate surface area is 135 Å². The predicted molar refractivity (Wildman–Crippen MR) is 105 cm³/mol. The molecule has 0 unspecified atom stereocenters. The molecule has 0 aliphatic rings. The molecule has 0 aliphatic heterocycles. The molecule has 0 radical (unpaired) electrons. The smallest absolute Gasteiger partial charge is 0.0241 e. The van der Waals surface area contributed by atoms with Crippen LogP contribution in [0, 0.1) is 0 Å². The molecule has 0 aromatic heterocycles. The molecular formula is C21H38. The average molecular weight is 291 g/mol. The molecule has 0 amide bonds. The van der Waals surface area contributed by atoms with Crippen LogP contribution in [0.4, 0.5) is 0 Å². The van der Waals surface area contributed by atoms with E-state index < -0.39 is 0 Å². The quantitative estimate of drug-likeness (QED) is 0.357. The molecule has 0 N–H and O–H groups in total. The molecule has 0 heteroatoms. The second-order valence-corrected chi connectivity index (χ2v) is 3.99. The molecule has 122 valence electrons. The normalized spacial score (nSPS) is 10.8. The molecular weight excluding hydrogens is 252 g/mol. The maximum absolute atomic E-state index is 4.03. The van der Waals surface area contributed by atoms with Crippen LogP contribution in [-0.4, -0.2) is 0 Å². The van der Waals surface area contributed by atoms with Crippen molar-refractivity contribution in [3.05, 3.63) is 73.4 Å². The van der Waals surface area contributed by atoms with Crippen molar-refractivity contribution >= 4 is 0 Å². The van der Waals surface area contributed by atoms with Crippen LogP contribution >= 0.6 is 0 Å². The van der Waals surface area contributed by atoms with Gasteiger partial charge in [-0.15, -0.1) is 26.3 Å². The van der Waals surface area contributed by atoms with Gasteiger partial charge in [0.2, 0.25) is 0 Å². The first-order valence-electron chi connectivity index (χ1n) is 7.67. The summed E-state index contributed by atoms with van der Waals surface area (Å²) in [6.45, 7) is 34.7. The Morgan fingerprint density at radius 2 is 1.24 bits per heavy atom. The molecule has 0 aliphatic carbocycles. The number of hydrogen-bond donors (Lipinski definition) is 0. The molecule has 0 nitrogen and oxygen atoms in total. The number of allylic oxidation sites excluding steroid dienone is 6. The van der Waals surface area contributed by atoms with Gasteiger partial charge in [-0.3, -0.25) is 0 Å². The van der Waals surface area contributed by atoms with Gasteiger partial charge in [-0.2, -0.15) is 0 Å². The maximum atomic E-state index is 4.03. The zero-order valence-corrected chi connectivity index (χ0v) is 15.7. The fourth-order valence-electron chi connectivity index (χ4n) is 1.89. The minimum absolute atomic E-state index is 1.04. The minimum atomic E-state index is 1.04. The van der Waals surface area contributed by atoms with E-state index in [-0.39, 0.29) is 0 Å². The van der Waals surface area contributed by atoms with Gasteiger partial charge in [0, 0.05) is 0 Å². The summed E-state index contributed by atoms with van der Waals surface area (Å²) in [7, 11) is 0. The zero-order chi connectivity index (χ0) is 18.0. The molecule has 0 fully saturated rings. The summed E-state index contributed by atoms with van der Waals surface area (Å²) in [6, 6.07) is 0. The highest BCUT2D eigenvalue weighted by atomic mass is 14.1. The van der Waals surface area contributed by atoms with E-state index in [2.05, 4.69) is 74.1 Å². The Hall–Kier alpha value is -1.56. The first-order chi connectivity index (χ1) is 9.99. The predicted octanol–water partition coefficient (Wildman–Crippen LogP) is 7.83. The van der Waals surface area contributed by atoms with Gasteiger partial charge >= 0.3 is 0 Å². The largest absolute Gasteiger partial charge is 0.106 e. The maximum Gasteiger partial charge on any atom is -0.0241 e. The van der Waals surface area contributed by atoms with Gasteiger partial charge in [0.15, 0.2) is 0 Å². The van der Waals surface area contributed by atoms with Crippen molar-refractivity contribution in [2.45, 2.75) is 61.3 Å². The van der Waals surface area contributed by atoms with Crippen LogP contribution in [0.2, 0.25) is 0 Å². The third-order valence-electron chi connectivity index (χ3n) is 2.92. The van der Waals surface area contributed by atoms with Crippen molar-refractivity contribution in [1.82, 2.24) is 0 Å². The second kappa shape index (κ2) is 20.8. The first-order valence-corrected chi connectivity index (χ1v) is 7.67. The lowest BCUT2D eigenvalue weighted by molar-refractivity contribution is 1.04. The lowest BCUT2D eigenvalue weighted by atomic mass is 9.92. The highest BCUT2D eigenvalue weighted by Crippen LogP contribution is 2.26. The molecule has 21 heavy (non-hydrogen) atoms. The van der Waals surface area contributed by atoms with Crippen LogP contribution in [0.5, 0.6) is 0 Å². The van der Waals surface area contributed by atoms with Crippen molar-refractivity contribution in [2.24, 2.45) is 0 Å². The van der Waals surface area contributed by atoms with Crippen LogP contribution in [0.1, 0.15) is 61.3 Å².